The van der Waals surface area contributed by atoms with Gasteiger partial charge in [-0.15, -0.1) is 0 Å². The quantitative estimate of drug-likeness (QED) is 0.691. The molecule has 0 saturated carbocycles. The van der Waals surface area contributed by atoms with Crippen LogP contribution in [0.2, 0.25) is 0 Å². The van der Waals surface area contributed by atoms with Gasteiger partial charge in [-0.1, -0.05) is 21.1 Å². The maximum absolute atomic E-state index is 12.1. The number of pyridine rings is 1. The van der Waals surface area contributed by atoms with Crippen LogP contribution in [0.3, 0.4) is 0 Å². The third kappa shape index (κ3) is 3.81. The molecule has 0 atom stereocenters. The number of rotatable bonds is 5. The lowest BCUT2D eigenvalue weighted by Gasteiger charge is -2.36. The van der Waals surface area contributed by atoms with Gasteiger partial charge in [-0.3, -0.25) is 14.7 Å². The second kappa shape index (κ2) is 7.35. The summed E-state index contributed by atoms with van der Waals surface area (Å²) < 4.78 is 6.34. The summed E-state index contributed by atoms with van der Waals surface area (Å²) in [6, 6.07) is 11.2. The molecule has 4 rings (SSSR count). The van der Waals surface area contributed by atoms with Gasteiger partial charge >= 0.3 is 0 Å². The number of hydrogen-bond donors (Lipinski definition) is 1. The lowest BCUT2D eigenvalue weighted by Crippen LogP contribution is -2.48. The lowest BCUT2D eigenvalue weighted by molar-refractivity contribution is -0.118. The number of anilines is 1. The van der Waals surface area contributed by atoms with Crippen molar-refractivity contribution in [2.24, 2.45) is 0 Å². The summed E-state index contributed by atoms with van der Waals surface area (Å²) in [7, 11) is 0. The first-order valence-corrected chi connectivity index (χ1v) is 8.98. The van der Waals surface area contributed by atoms with Crippen LogP contribution < -0.4 is 5.32 Å². The Morgan fingerprint density at radius 1 is 1.27 bits per heavy atom. The fraction of sp³-hybridized carbons (Fsp3) is 0.222. The van der Waals surface area contributed by atoms with E-state index in [-0.39, 0.29) is 11.8 Å². The highest BCUT2D eigenvalue weighted by molar-refractivity contribution is 9.10. The van der Waals surface area contributed by atoms with Gasteiger partial charge in [-0.05, 0) is 36.4 Å². The summed E-state index contributed by atoms with van der Waals surface area (Å²) in [4.78, 5) is 22.7. The number of hydrogen-bond acceptors (Lipinski definition) is 6. The van der Waals surface area contributed by atoms with E-state index in [1.54, 1.807) is 12.4 Å². The monoisotopic (exact) mass is 413 g/mol. The zero-order chi connectivity index (χ0) is 17.9. The fourth-order valence-electron chi connectivity index (χ4n) is 2.81. The van der Waals surface area contributed by atoms with Crippen molar-refractivity contribution in [3.63, 3.8) is 0 Å². The molecular formula is C18H16BrN5O2. The maximum Gasteiger partial charge on any atom is 0.238 e. The topological polar surface area (TPSA) is 84.2 Å². The smallest absolute Gasteiger partial charge is 0.238 e. The van der Waals surface area contributed by atoms with Crippen molar-refractivity contribution in [1.82, 2.24) is 20.0 Å². The van der Waals surface area contributed by atoms with Gasteiger partial charge in [0.05, 0.1) is 12.5 Å². The van der Waals surface area contributed by atoms with E-state index in [1.165, 1.54) is 0 Å². The first-order valence-electron chi connectivity index (χ1n) is 8.19. The zero-order valence-corrected chi connectivity index (χ0v) is 15.4. The average molecular weight is 414 g/mol. The third-order valence-corrected chi connectivity index (χ3v) is 4.69. The number of likely N-dealkylation sites (tertiary alicyclic amines) is 1. The molecular weight excluding hydrogens is 398 g/mol. The van der Waals surface area contributed by atoms with E-state index in [0.717, 1.165) is 28.8 Å². The number of halogens is 1. The lowest BCUT2D eigenvalue weighted by atomic mass is 10.0. The number of aromatic nitrogens is 3. The van der Waals surface area contributed by atoms with Crippen LogP contribution in [0.1, 0.15) is 11.8 Å². The maximum atomic E-state index is 12.1. The second-order valence-electron chi connectivity index (χ2n) is 6.14. The normalized spacial score (nSPS) is 14.8. The number of benzene rings is 1. The Labute approximate surface area is 158 Å². The van der Waals surface area contributed by atoms with Crippen molar-refractivity contribution in [2.45, 2.75) is 5.92 Å². The van der Waals surface area contributed by atoms with Crippen molar-refractivity contribution < 1.29 is 9.32 Å². The molecule has 1 aliphatic heterocycles. The highest BCUT2D eigenvalue weighted by atomic mass is 79.9. The molecule has 0 radical (unpaired) electrons. The Hall–Kier alpha value is -2.58. The van der Waals surface area contributed by atoms with Crippen molar-refractivity contribution in [3.8, 4) is 11.4 Å². The first kappa shape index (κ1) is 16.9. The Balaban J connectivity index is 1.28. The molecule has 1 N–H and O–H groups in total. The molecule has 132 valence electrons. The molecule has 26 heavy (non-hydrogen) atoms. The van der Waals surface area contributed by atoms with Crippen LogP contribution in [-0.4, -0.2) is 45.6 Å². The number of carbonyl (C=O) groups is 1. The van der Waals surface area contributed by atoms with E-state index in [0.29, 0.717) is 18.3 Å². The minimum Gasteiger partial charge on any atom is -0.339 e. The van der Waals surface area contributed by atoms with Crippen molar-refractivity contribution in [1.29, 1.82) is 0 Å². The van der Waals surface area contributed by atoms with Crippen LogP contribution >= 0.6 is 15.9 Å². The summed E-state index contributed by atoms with van der Waals surface area (Å²) >= 11 is 3.37. The molecule has 1 amide bonds. The van der Waals surface area contributed by atoms with Crippen LogP contribution in [0.15, 0.2) is 57.8 Å². The molecule has 7 nitrogen and oxygen atoms in total. The van der Waals surface area contributed by atoms with E-state index in [9.17, 15) is 4.79 Å². The highest BCUT2D eigenvalue weighted by Crippen LogP contribution is 2.27. The molecule has 0 spiro atoms. The summed E-state index contributed by atoms with van der Waals surface area (Å²) in [6.45, 7) is 1.79. The molecule has 0 bridgehead atoms. The van der Waals surface area contributed by atoms with Gasteiger partial charge in [0.25, 0.3) is 0 Å². The molecule has 0 aliphatic carbocycles. The minimum absolute atomic E-state index is 0.0349. The molecule has 3 heterocycles. The van der Waals surface area contributed by atoms with Crippen LogP contribution in [-0.2, 0) is 4.79 Å². The number of carbonyl (C=O) groups excluding carboxylic acids is 1. The van der Waals surface area contributed by atoms with Gasteiger partial charge in [-0.25, -0.2) is 0 Å². The fourth-order valence-corrected chi connectivity index (χ4v) is 3.07. The van der Waals surface area contributed by atoms with E-state index in [4.69, 9.17) is 4.52 Å². The molecule has 8 heteroatoms. The zero-order valence-electron chi connectivity index (χ0n) is 13.8. The predicted molar refractivity (Wildman–Crippen MR) is 99.5 cm³/mol. The molecule has 2 aromatic heterocycles. The summed E-state index contributed by atoms with van der Waals surface area (Å²) in [6.07, 6.45) is 3.40. The standard InChI is InChI=1S/C18H16BrN5O2/c19-14-3-5-15(6-4-14)21-16(25)11-24-9-13(10-24)18-22-17(23-26-18)12-2-1-7-20-8-12/h1-8,13H,9-11H2,(H,21,25). The Bertz CT molecular complexity index is 891. The van der Waals surface area contributed by atoms with Crippen LogP contribution in [0, 0.1) is 0 Å². The summed E-state index contributed by atoms with van der Waals surface area (Å²) in [5, 5.41) is 6.90. The second-order valence-corrected chi connectivity index (χ2v) is 7.06. The van der Waals surface area contributed by atoms with Gasteiger partial charge in [0, 0.05) is 41.2 Å². The van der Waals surface area contributed by atoms with Gasteiger partial charge in [0.1, 0.15) is 0 Å². The van der Waals surface area contributed by atoms with Crippen LogP contribution in [0.5, 0.6) is 0 Å². The number of amides is 1. The van der Waals surface area contributed by atoms with Gasteiger partial charge in [-0.2, -0.15) is 4.98 Å². The molecule has 1 fully saturated rings. The van der Waals surface area contributed by atoms with Crippen molar-refractivity contribution >= 4 is 27.5 Å². The highest BCUT2D eigenvalue weighted by Gasteiger charge is 2.33. The van der Waals surface area contributed by atoms with Gasteiger partial charge < -0.3 is 9.84 Å². The van der Waals surface area contributed by atoms with E-state index < -0.39 is 0 Å². The van der Waals surface area contributed by atoms with E-state index in [1.807, 2.05) is 41.3 Å². The Kier molecular flexibility index (Phi) is 4.77. The van der Waals surface area contributed by atoms with E-state index >= 15 is 0 Å². The SMILES string of the molecule is O=C(CN1CC(c2nc(-c3cccnc3)no2)C1)Nc1ccc(Br)cc1. The average Bonchev–Trinajstić information content (AvgIpc) is 3.10. The summed E-state index contributed by atoms with van der Waals surface area (Å²) in [5.41, 5.74) is 1.61. The van der Waals surface area contributed by atoms with Crippen LogP contribution in [0.25, 0.3) is 11.4 Å². The largest absolute Gasteiger partial charge is 0.339 e. The number of nitrogens with zero attached hydrogens (tertiary/aromatic N) is 4. The molecule has 0 unspecified atom stereocenters. The molecule has 3 aromatic rings. The van der Waals surface area contributed by atoms with Crippen molar-refractivity contribution in [3.05, 3.63) is 59.2 Å². The number of nitrogens with one attached hydrogen (secondary N) is 1. The minimum atomic E-state index is -0.0349. The van der Waals surface area contributed by atoms with E-state index in [2.05, 4.69) is 36.4 Å². The van der Waals surface area contributed by atoms with Gasteiger partial charge in [0.15, 0.2) is 0 Å². The van der Waals surface area contributed by atoms with Crippen molar-refractivity contribution in [2.75, 3.05) is 25.0 Å². The molecule has 1 aromatic carbocycles. The molecule has 1 aliphatic rings. The summed E-state index contributed by atoms with van der Waals surface area (Å²) in [5.74, 6) is 1.27. The van der Waals surface area contributed by atoms with Gasteiger partial charge in [0.2, 0.25) is 17.6 Å². The predicted octanol–water partition coefficient (Wildman–Crippen LogP) is 2.93. The van der Waals surface area contributed by atoms with Crippen LogP contribution in [0.4, 0.5) is 5.69 Å². The first-order chi connectivity index (χ1) is 12.7. The third-order valence-electron chi connectivity index (χ3n) is 4.16. The Morgan fingerprint density at radius 2 is 2.08 bits per heavy atom. The molecule has 1 saturated heterocycles. The Morgan fingerprint density at radius 3 is 2.81 bits per heavy atom.